The van der Waals surface area contributed by atoms with Gasteiger partial charge in [0.1, 0.15) is 6.04 Å². The number of hydrogen-bond donors (Lipinski definition) is 2. The lowest BCUT2D eigenvalue weighted by Gasteiger charge is -2.22. The molecule has 0 aromatic heterocycles. The zero-order valence-electron chi connectivity index (χ0n) is 10.2. The van der Waals surface area contributed by atoms with Crippen LogP contribution in [-0.4, -0.2) is 36.5 Å². The normalized spacial score (nSPS) is 28.0. The lowest BCUT2D eigenvalue weighted by Crippen LogP contribution is -2.52. The molecule has 0 aromatic rings. The van der Waals surface area contributed by atoms with Gasteiger partial charge in [0.05, 0.1) is 6.10 Å². The molecule has 3 amide bonds. The standard InChI is InChI=1S/C12H18N2O4/c15-10(5-3-8-2-1-7-18-8)13-9-4-6-11(16)14-12(9)17/h8-9H,1-7H2,(H,13,15)(H,14,16,17). The fraction of sp³-hybridized carbons (Fsp3) is 0.750. The zero-order chi connectivity index (χ0) is 13.0. The van der Waals surface area contributed by atoms with Gasteiger partial charge in [-0.05, 0) is 25.7 Å². The Morgan fingerprint density at radius 3 is 2.89 bits per heavy atom. The van der Waals surface area contributed by atoms with Gasteiger partial charge < -0.3 is 10.1 Å². The molecule has 0 spiro atoms. The number of piperidine rings is 1. The molecule has 100 valence electrons. The van der Waals surface area contributed by atoms with Gasteiger partial charge in [0.2, 0.25) is 17.7 Å². The molecule has 2 fully saturated rings. The molecule has 2 aliphatic rings. The molecule has 2 rings (SSSR count). The van der Waals surface area contributed by atoms with Crippen molar-refractivity contribution in [3.8, 4) is 0 Å². The van der Waals surface area contributed by atoms with Crippen LogP contribution in [0.4, 0.5) is 0 Å². The van der Waals surface area contributed by atoms with Crippen molar-refractivity contribution in [1.82, 2.24) is 10.6 Å². The Labute approximate surface area is 105 Å². The van der Waals surface area contributed by atoms with Gasteiger partial charge in [-0.15, -0.1) is 0 Å². The van der Waals surface area contributed by atoms with Gasteiger partial charge in [-0.3, -0.25) is 19.7 Å². The monoisotopic (exact) mass is 254 g/mol. The average Bonchev–Trinajstić information content (AvgIpc) is 2.83. The second kappa shape index (κ2) is 5.95. The predicted octanol–water partition coefficient (Wildman–Crippen LogP) is -0.133. The highest BCUT2D eigenvalue weighted by Crippen LogP contribution is 2.16. The first-order valence-electron chi connectivity index (χ1n) is 6.40. The molecule has 2 aliphatic heterocycles. The zero-order valence-corrected chi connectivity index (χ0v) is 10.2. The van der Waals surface area contributed by atoms with Crippen molar-refractivity contribution in [2.45, 2.75) is 50.7 Å². The second-order valence-corrected chi connectivity index (χ2v) is 4.74. The predicted molar refractivity (Wildman–Crippen MR) is 62.5 cm³/mol. The van der Waals surface area contributed by atoms with Crippen LogP contribution >= 0.6 is 0 Å². The number of hydrogen-bond acceptors (Lipinski definition) is 4. The maximum atomic E-state index is 11.7. The number of carbonyl (C=O) groups is 3. The van der Waals surface area contributed by atoms with Gasteiger partial charge >= 0.3 is 0 Å². The van der Waals surface area contributed by atoms with Crippen LogP contribution in [0.25, 0.3) is 0 Å². The summed E-state index contributed by atoms with van der Waals surface area (Å²) >= 11 is 0. The van der Waals surface area contributed by atoms with Gasteiger partial charge in [-0.2, -0.15) is 0 Å². The highest BCUT2D eigenvalue weighted by Gasteiger charge is 2.27. The van der Waals surface area contributed by atoms with Crippen LogP contribution in [-0.2, 0) is 19.1 Å². The summed E-state index contributed by atoms with van der Waals surface area (Å²) in [7, 11) is 0. The number of rotatable bonds is 4. The third-order valence-electron chi connectivity index (χ3n) is 3.29. The van der Waals surface area contributed by atoms with Crippen LogP contribution in [0.15, 0.2) is 0 Å². The summed E-state index contributed by atoms with van der Waals surface area (Å²) in [5.41, 5.74) is 0. The Hall–Kier alpha value is -1.43. The molecule has 18 heavy (non-hydrogen) atoms. The summed E-state index contributed by atoms with van der Waals surface area (Å²) in [6, 6.07) is -0.570. The number of nitrogens with one attached hydrogen (secondary N) is 2. The lowest BCUT2D eigenvalue weighted by atomic mass is 10.1. The van der Waals surface area contributed by atoms with Gasteiger partial charge in [-0.25, -0.2) is 0 Å². The first kappa shape index (κ1) is 13.0. The largest absolute Gasteiger partial charge is 0.378 e. The smallest absolute Gasteiger partial charge is 0.249 e. The Balaban J connectivity index is 1.70. The molecular weight excluding hydrogens is 236 g/mol. The summed E-state index contributed by atoms with van der Waals surface area (Å²) in [5.74, 6) is -0.832. The van der Waals surface area contributed by atoms with E-state index in [1.165, 1.54) is 0 Å². The van der Waals surface area contributed by atoms with Crippen LogP contribution in [0, 0.1) is 0 Å². The summed E-state index contributed by atoms with van der Waals surface area (Å²) in [4.78, 5) is 34.0. The van der Waals surface area contributed by atoms with E-state index in [1.807, 2.05) is 0 Å². The van der Waals surface area contributed by atoms with Crippen LogP contribution in [0.1, 0.15) is 38.5 Å². The van der Waals surface area contributed by atoms with Gasteiger partial charge in [0, 0.05) is 19.4 Å². The van der Waals surface area contributed by atoms with Crippen molar-refractivity contribution in [2.75, 3.05) is 6.61 Å². The topological polar surface area (TPSA) is 84.5 Å². The number of imide groups is 1. The maximum absolute atomic E-state index is 11.7. The van der Waals surface area contributed by atoms with Gasteiger partial charge in [0.25, 0.3) is 0 Å². The van der Waals surface area contributed by atoms with Gasteiger partial charge in [-0.1, -0.05) is 0 Å². The number of carbonyl (C=O) groups excluding carboxylic acids is 3. The second-order valence-electron chi connectivity index (χ2n) is 4.74. The van der Waals surface area contributed by atoms with E-state index in [9.17, 15) is 14.4 Å². The van der Waals surface area contributed by atoms with E-state index in [0.717, 1.165) is 19.4 Å². The molecule has 6 nitrogen and oxygen atoms in total. The molecule has 0 radical (unpaired) electrons. The van der Waals surface area contributed by atoms with E-state index < -0.39 is 11.9 Å². The van der Waals surface area contributed by atoms with E-state index in [1.54, 1.807) is 0 Å². The van der Waals surface area contributed by atoms with Crippen molar-refractivity contribution >= 4 is 17.7 Å². The van der Waals surface area contributed by atoms with Crippen molar-refractivity contribution < 1.29 is 19.1 Å². The third-order valence-corrected chi connectivity index (χ3v) is 3.29. The molecule has 2 atom stereocenters. The summed E-state index contributed by atoms with van der Waals surface area (Å²) in [5, 5.41) is 4.87. The molecule has 2 heterocycles. The van der Waals surface area contributed by atoms with E-state index in [-0.39, 0.29) is 24.3 Å². The number of ether oxygens (including phenoxy) is 1. The molecule has 0 aliphatic carbocycles. The fourth-order valence-electron chi connectivity index (χ4n) is 2.26. The Kier molecular flexibility index (Phi) is 4.30. The SMILES string of the molecule is O=C1CCC(NC(=O)CCC2CCCO2)C(=O)N1. The molecule has 6 heteroatoms. The van der Waals surface area contributed by atoms with Gasteiger partial charge in [0.15, 0.2) is 0 Å². The van der Waals surface area contributed by atoms with E-state index in [2.05, 4.69) is 10.6 Å². The Bertz CT molecular complexity index is 350. The van der Waals surface area contributed by atoms with E-state index >= 15 is 0 Å². The van der Waals surface area contributed by atoms with Crippen molar-refractivity contribution in [1.29, 1.82) is 0 Å². The Morgan fingerprint density at radius 2 is 2.22 bits per heavy atom. The molecular formula is C12H18N2O4. The highest BCUT2D eigenvalue weighted by atomic mass is 16.5. The van der Waals surface area contributed by atoms with Crippen LogP contribution in [0.2, 0.25) is 0 Å². The van der Waals surface area contributed by atoms with Crippen LogP contribution in [0.3, 0.4) is 0 Å². The molecule has 0 bridgehead atoms. The minimum absolute atomic E-state index is 0.153. The molecule has 2 unspecified atom stereocenters. The van der Waals surface area contributed by atoms with Crippen LogP contribution in [0.5, 0.6) is 0 Å². The minimum atomic E-state index is -0.570. The van der Waals surface area contributed by atoms with Crippen LogP contribution < -0.4 is 10.6 Å². The summed E-state index contributed by atoms with van der Waals surface area (Å²) in [6.07, 6.45) is 3.96. The molecule has 0 saturated carbocycles. The van der Waals surface area contributed by atoms with E-state index in [4.69, 9.17) is 4.74 Å². The quantitative estimate of drug-likeness (QED) is 0.684. The van der Waals surface area contributed by atoms with Crippen molar-refractivity contribution in [3.05, 3.63) is 0 Å². The first-order valence-corrected chi connectivity index (χ1v) is 6.40. The highest BCUT2D eigenvalue weighted by molar-refractivity contribution is 6.01. The first-order chi connectivity index (χ1) is 8.65. The summed E-state index contributed by atoms with van der Waals surface area (Å²) < 4.78 is 5.42. The summed E-state index contributed by atoms with van der Waals surface area (Å²) in [6.45, 7) is 0.777. The van der Waals surface area contributed by atoms with E-state index in [0.29, 0.717) is 19.3 Å². The number of amides is 3. The third kappa shape index (κ3) is 3.53. The molecule has 0 aromatic carbocycles. The average molecular weight is 254 g/mol. The lowest BCUT2D eigenvalue weighted by molar-refractivity contribution is -0.137. The molecule has 2 N–H and O–H groups in total. The minimum Gasteiger partial charge on any atom is -0.378 e. The Morgan fingerprint density at radius 1 is 1.39 bits per heavy atom. The fourth-order valence-corrected chi connectivity index (χ4v) is 2.26. The van der Waals surface area contributed by atoms with Crippen molar-refractivity contribution in [3.63, 3.8) is 0 Å². The molecule has 2 saturated heterocycles. The van der Waals surface area contributed by atoms with Crippen molar-refractivity contribution in [2.24, 2.45) is 0 Å². The maximum Gasteiger partial charge on any atom is 0.249 e.